The lowest BCUT2D eigenvalue weighted by Gasteiger charge is -2.10. The summed E-state index contributed by atoms with van der Waals surface area (Å²) in [6.07, 6.45) is 4.31. The van der Waals surface area contributed by atoms with Crippen LogP contribution in [-0.2, 0) is 0 Å². The first kappa shape index (κ1) is 9.68. The van der Waals surface area contributed by atoms with Crippen molar-refractivity contribution in [3.63, 3.8) is 0 Å². The van der Waals surface area contributed by atoms with E-state index in [0.29, 0.717) is 5.82 Å². The summed E-state index contributed by atoms with van der Waals surface area (Å²) < 4.78 is 1.71. The molecule has 15 heavy (non-hydrogen) atoms. The molecular formula is C12H12N2O. The molecule has 3 heteroatoms. The number of hydrogen-bond acceptors (Lipinski definition) is 2. The Kier molecular flexibility index (Phi) is 2.65. The van der Waals surface area contributed by atoms with Crippen molar-refractivity contribution in [1.82, 2.24) is 9.55 Å². The second-order valence-electron chi connectivity index (χ2n) is 3.19. The van der Waals surface area contributed by atoms with E-state index in [1.807, 2.05) is 30.3 Å². The lowest BCUT2D eigenvalue weighted by molar-refractivity contribution is 0.209. The molecule has 1 aromatic carbocycles. The molecular weight excluding hydrogens is 188 g/mol. The van der Waals surface area contributed by atoms with Gasteiger partial charge in [0.2, 0.25) is 0 Å². The lowest BCUT2D eigenvalue weighted by atomic mass is 10.1. The van der Waals surface area contributed by atoms with E-state index >= 15 is 0 Å². The molecule has 0 spiro atoms. The predicted molar refractivity (Wildman–Crippen MR) is 59.1 cm³/mol. The molecule has 1 atom stereocenters. The quantitative estimate of drug-likeness (QED) is 0.823. The van der Waals surface area contributed by atoms with Crippen LogP contribution in [0.1, 0.15) is 17.5 Å². The highest BCUT2D eigenvalue weighted by Crippen LogP contribution is 2.19. The zero-order chi connectivity index (χ0) is 10.7. The molecule has 0 aliphatic heterocycles. The van der Waals surface area contributed by atoms with E-state index in [1.54, 1.807) is 23.2 Å². The molecule has 0 bridgehead atoms. The largest absolute Gasteiger partial charge is 0.380 e. The molecule has 2 rings (SSSR count). The fourth-order valence-electron chi connectivity index (χ4n) is 1.48. The van der Waals surface area contributed by atoms with Crippen LogP contribution in [0.5, 0.6) is 0 Å². The molecule has 0 amide bonds. The van der Waals surface area contributed by atoms with E-state index in [2.05, 4.69) is 11.6 Å². The topological polar surface area (TPSA) is 38.0 Å². The van der Waals surface area contributed by atoms with E-state index in [1.165, 1.54) is 0 Å². The highest BCUT2D eigenvalue weighted by molar-refractivity contribution is 5.28. The maximum atomic E-state index is 10.1. The van der Waals surface area contributed by atoms with Gasteiger partial charge in [0.25, 0.3) is 0 Å². The molecule has 1 heterocycles. The summed E-state index contributed by atoms with van der Waals surface area (Å²) in [5.74, 6) is 0.580. The van der Waals surface area contributed by atoms with Gasteiger partial charge in [-0.15, -0.1) is 0 Å². The highest BCUT2D eigenvalue weighted by atomic mass is 16.3. The molecule has 0 aliphatic carbocycles. The number of aromatic nitrogens is 2. The smallest absolute Gasteiger partial charge is 0.146 e. The SMILES string of the molecule is C=Cn1ccnc1[C@H](O)c1ccccc1. The minimum absolute atomic E-state index is 0.580. The van der Waals surface area contributed by atoms with Crippen molar-refractivity contribution in [2.45, 2.75) is 6.10 Å². The van der Waals surface area contributed by atoms with Crippen molar-refractivity contribution in [3.05, 3.63) is 60.7 Å². The van der Waals surface area contributed by atoms with Gasteiger partial charge in [-0.3, -0.25) is 0 Å². The first-order valence-corrected chi connectivity index (χ1v) is 4.71. The second kappa shape index (κ2) is 4.11. The number of aliphatic hydroxyl groups excluding tert-OH is 1. The zero-order valence-corrected chi connectivity index (χ0v) is 8.24. The maximum Gasteiger partial charge on any atom is 0.146 e. The number of aliphatic hydroxyl groups is 1. The van der Waals surface area contributed by atoms with E-state index in [-0.39, 0.29) is 0 Å². The first-order valence-electron chi connectivity index (χ1n) is 4.71. The Morgan fingerprint density at radius 3 is 2.73 bits per heavy atom. The van der Waals surface area contributed by atoms with Gasteiger partial charge in [0.15, 0.2) is 0 Å². The molecule has 0 fully saturated rings. The Labute approximate surface area is 88.3 Å². The van der Waals surface area contributed by atoms with Crippen molar-refractivity contribution in [2.75, 3.05) is 0 Å². The van der Waals surface area contributed by atoms with E-state index in [0.717, 1.165) is 5.56 Å². The third kappa shape index (κ3) is 1.82. The van der Waals surface area contributed by atoms with Gasteiger partial charge in [-0.05, 0) is 5.56 Å². The Hall–Kier alpha value is -1.87. The number of hydrogen-bond donors (Lipinski definition) is 1. The highest BCUT2D eigenvalue weighted by Gasteiger charge is 2.14. The average Bonchev–Trinajstić information content (AvgIpc) is 2.77. The summed E-state index contributed by atoms with van der Waals surface area (Å²) in [6.45, 7) is 3.65. The summed E-state index contributed by atoms with van der Waals surface area (Å²) >= 11 is 0. The summed E-state index contributed by atoms with van der Waals surface area (Å²) in [4.78, 5) is 4.11. The molecule has 2 aromatic rings. The van der Waals surface area contributed by atoms with Gasteiger partial charge in [0.1, 0.15) is 11.9 Å². The number of benzene rings is 1. The van der Waals surface area contributed by atoms with Crippen LogP contribution in [0.25, 0.3) is 6.20 Å². The molecule has 0 radical (unpaired) electrons. The zero-order valence-electron chi connectivity index (χ0n) is 8.24. The summed E-state index contributed by atoms with van der Waals surface area (Å²) in [5, 5.41) is 10.1. The van der Waals surface area contributed by atoms with Crippen molar-refractivity contribution in [3.8, 4) is 0 Å². The number of imidazole rings is 1. The maximum absolute atomic E-state index is 10.1. The van der Waals surface area contributed by atoms with Crippen LogP contribution in [0.15, 0.2) is 49.3 Å². The van der Waals surface area contributed by atoms with Crippen molar-refractivity contribution >= 4 is 6.20 Å². The van der Waals surface area contributed by atoms with Crippen molar-refractivity contribution < 1.29 is 5.11 Å². The van der Waals surface area contributed by atoms with Crippen molar-refractivity contribution in [2.24, 2.45) is 0 Å². The number of nitrogens with zero attached hydrogens (tertiary/aromatic N) is 2. The van der Waals surface area contributed by atoms with Crippen LogP contribution in [0, 0.1) is 0 Å². The standard InChI is InChI=1S/C12H12N2O/c1-2-14-9-8-13-12(14)11(15)10-6-4-3-5-7-10/h2-9,11,15H,1H2/t11-/m1/s1. The molecule has 3 nitrogen and oxygen atoms in total. The Balaban J connectivity index is 2.36. The Morgan fingerprint density at radius 1 is 1.33 bits per heavy atom. The minimum Gasteiger partial charge on any atom is -0.380 e. The van der Waals surface area contributed by atoms with Crippen LogP contribution in [0.3, 0.4) is 0 Å². The molecule has 0 saturated carbocycles. The monoisotopic (exact) mass is 200 g/mol. The van der Waals surface area contributed by atoms with Gasteiger partial charge < -0.3 is 9.67 Å². The summed E-state index contributed by atoms with van der Waals surface area (Å²) in [7, 11) is 0. The fourth-order valence-corrected chi connectivity index (χ4v) is 1.48. The summed E-state index contributed by atoms with van der Waals surface area (Å²) in [5.41, 5.74) is 0.826. The molecule has 0 unspecified atom stereocenters. The normalized spacial score (nSPS) is 12.3. The molecule has 0 aliphatic rings. The second-order valence-corrected chi connectivity index (χ2v) is 3.19. The third-order valence-corrected chi connectivity index (χ3v) is 2.26. The van der Waals surface area contributed by atoms with Gasteiger partial charge in [-0.25, -0.2) is 4.98 Å². The Bertz CT molecular complexity index is 448. The van der Waals surface area contributed by atoms with E-state index < -0.39 is 6.10 Å². The molecule has 1 aromatic heterocycles. The first-order chi connectivity index (χ1) is 7.33. The van der Waals surface area contributed by atoms with Crippen LogP contribution in [-0.4, -0.2) is 14.7 Å². The van der Waals surface area contributed by atoms with Crippen LogP contribution < -0.4 is 0 Å². The van der Waals surface area contributed by atoms with Crippen LogP contribution in [0.4, 0.5) is 0 Å². The fraction of sp³-hybridized carbons (Fsp3) is 0.0833. The van der Waals surface area contributed by atoms with Crippen LogP contribution in [0.2, 0.25) is 0 Å². The number of rotatable bonds is 3. The predicted octanol–water partition coefficient (Wildman–Crippen LogP) is 2.07. The molecule has 0 saturated heterocycles. The third-order valence-electron chi connectivity index (χ3n) is 2.26. The lowest BCUT2D eigenvalue weighted by Crippen LogP contribution is -2.05. The van der Waals surface area contributed by atoms with E-state index in [9.17, 15) is 5.11 Å². The Morgan fingerprint density at radius 2 is 2.07 bits per heavy atom. The van der Waals surface area contributed by atoms with Gasteiger partial charge in [0.05, 0.1) is 0 Å². The molecule has 76 valence electrons. The summed E-state index contributed by atoms with van der Waals surface area (Å²) in [6, 6.07) is 9.43. The van der Waals surface area contributed by atoms with Gasteiger partial charge in [-0.2, -0.15) is 0 Å². The minimum atomic E-state index is -0.709. The van der Waals surface area contributed by atoms with Gasteiger partial charge >= 0.3 is 0 Å². The van der Waals surface area contributed by atoms with E-state index in [4.69, 9.17) is 0 Å². The van der Waals surface area contributed by atoms with Gasteiger partial charge in [0, 0.05) is 18.6 Å². The average molecular weight is 200 g/mol. The van der Waals surface area contributed by atoms with Crippen LogP contribution >= 0.6 is 0 Å². The van der Waals surface area contributed by atoms with Crippen molar-refractivity contribution in [1.29, 1.82) is 0 Å². The molecule has 1 N–H and O–H groups in total. The van der Waals surface area contributed by atoms with Gasteiger partial charge in [-0.1, -0.05) is 36.9 Å².